The molecule has 1 N–H and O–H groups in total. The van der Waals surface area contributed by atoms with Crippen LogP contribution >= 0.6 is 0 Å². The molecular weight excluding hydrogens is 150 g/mol. The van der Waals surface area contributed by atoms with Gasteiger partial charge in [-0.15, -0.1) is 0 Å². The van der Waals surface area contributed by atoms with Gasteiger partial charge >= 0.3 is 0 Å². The van der Waals surface area contributed by atoms with Crippen LogP contribution in [0.4, 0.5) is 0 Å². The molecule has 0 aromatic carbocycles. The Bertz CT molecular complexity index is 165. The molecule has 2 unspecified atom stereocenters. The van der Waals surface area contributed by atoms with Crippen molar-refractivity contribution in [3.05, 3.63) is 0 Å². The van der Waals surface area contributed by atoms with Crippen molar-refractivity contribution in [2.45, 2.75) is 32.7 Å². The molecular formula is C10H19NO. The minimum absolute atomic E-state index is 0.337. The highest BCUT2D eigenvalue weighted by atomic mass is 16.5. The predicted octanol–water partition coefficient (Wildman–Crippen LogP) is 1.41. The third-order valence-electron chi connectivity index (χ3n) is 3.24. The molecule has 0 amide bonds. The predicted molar refractivity (Wildman–Crippen MR) is 49.1 cm³/mol. The summed E-state index contributed by atoms with van der Waals surface area (Å²) < 4.78 is 5.61. The molecule has 0 saturated carbocycles. The Kier molecular flexibility index (Phi) is 2.13. The summed E-state index contributed by atoms with van der Waals surface area (Å²) in [5, 5.41) is 3.63. The Labute approximate surface area is 74.7 Å². The van der Waals surface area contributed by atoms with Crippen LogP contribution in [0.15, 0.2) is 0 Å². The van der Waals surface area contributed by atoms with Crippen LogP contribution < -0.4 is 5.32 Å². The molecule has 2 aliphatic rings. The quantitative estimate of drug-likeness (QED) is 0.592. The van der Waals surface area contributed by atoms with E-state index in [1.54, 1.807) is 0 Å². The van der Waals surface area contributed by atoms with Crippen molar-refractivity contribution >= 4 is 0 Å². The molecule has 2 aliphatic heterocycles. The van der Waals surface area contributed by atoms with Gasteiger partial charge in [-0.3, -0.25) is 0 Å². The molecule has 2 fully saturated rings. The highest BCUT2D eigenvalue weighted by Gasteiger charge is 2.40. The number of rotatable bonds is 0. The molecule has 70 valence electrons. The summed E-state index contributed by atoms with van der Waals surface area (Å²) in [5.41, 5.74) is 0.337. The second-order valence-electron chi connectivity index (χ2n) is 4.84. The Morgan fingerprint density at radius 3 is 3.00 bits per heavy atom. The van der Waals surface area contributed by atoms with Crippen molar-refractivity contribution in [2.75, 3.05) is 19.8 Å². The molecule has 0 aliphatic carbocycles. The molecule has 2 saturated heterocycles. The number of piperidine rings is 1. The van der Waals surface area contributed by atoms with Gasteiger partial charge in [0.25, 0.3) is 0 Å². The van der Waals surface area contributed by atoms with E-state index in [0.29, 0.717) is 11.5 Å². The van der Waals surface area contributed by atoms with Crippen LogP contribution in [-0.4, -0.2) is 25.8 Å². The topological polar surface area (TPSA) is 21.3 Å². The number of ether oxygens (including phenoxy) is 1. The van der Waals surface area contributed by atoms with E-state index in [0.717, 1.165) is 19.1 Å². The zero-order valence-electron chi connectivity index (χ0n) is 8.10. The molecule has 2 nitrogen and oxygen atoms in total. The number of fused-ring (bicyclic) bond motifs is 1. The highest BCUT2D eigenvalue weighted by Crippen LogP contribution is 2.35. The van der Waals surface area contributed by atoms with Crippen molar-refractivity contribution in [1.82, 2.24) is 5.32 Å². The Balaban J connectivity index is 2.09. The molecule has 12 heavy (non-hydrogen) atoms. The van der Waals surface area contributed by atoms with E-state index in [2.05, 4.69) is 19.2 Å². The van der Waals surface area contributed by atoms with Gasteiger partial charge in [-0.25, -0.2) is 0 Å². The Morgan fingerprint density at radius 1 is 1.42 bits per heavy atom. The first kappa shape index (κ1) is 8.52. The summed E-state index contributed by atoms with van der Waals surface area (Å²) in [6.45, 7) is 7.71. The zero-order valence-corrected chi connectivity index (χ0v) is 8.10. The smallest absolute Gasteiger partial charge is 0.0532 e. The van der Waals surface area contributed by atoms with E-state index in [4.69, 9.17) is 4.74 Å². The Morgan fingerprint density at radius 2 is 2.25 bits per heavy atom. The number of nitrogens with one attached hydrogen (secondary N) is 1. The third kappa shape index (κ3) is 1.38. The lowest BCUT2D eigenvalue weighted by Gasteiger charge is -2.46. The van der Waals surface area contributed by atoms with Crippen LogP contribution in [0.1, 0.15) is 26.7 Å². The summed E-state index contributed by atoms with van der Waals surface area (Å²) in [7, 11) is 0. The van der Waals surface area contributed by atoms with E-state index in [1.165, 1.54) is 19.4 Å². The van der Waals surface area contributed by atoms with Crippen LogP contribution in [0.5, 0.6) is 0 Å². The number of hydrogen-bond donors (Lipinski definition) is 1. The van der Waals surface area contributed by atoms with Crippen molar-refractivity contribution in [1.29, 1.82) is 0 Å². The van der Waals surface area contributed by atoms with Crippen molar-refractivity contribution in [3.63, 3.8) is 0 Å². The van der Waals surface area contributed by atoms with Crippen LogP contribution in [0.2, 0.25) is 0 Å². The minimum Gasteiger partial charge on any atom is -0.380 e. The lowest BCUT2D eigenvalue weighted by Crippen LogP contribution is -2.56. The van der Waals surface area contributed by atoms with Crippen LogP contribution in [0.3, 0.4) is 0 Å². The monoisotopic (exact) mass is 169 g/mol. The minimum atomic E-state index is 0.337. The Hall–Kier alpha value is -0.0800. The van der Waals surface area contributed by atoms with Gasteiger partial charge in [0.1, 0.15) is 0 Å². The molecule has 0 radical (unpaired) electrons. The summed E-state index contributed by atoms with van der Waals surface area (Å²) in [6, 6.07) is 0.694. The average Bonchev–Trinajstić information content (AvgIpc) is 2.04. The van der Waals surface area contributed by atoms with Gasteiger partial charge < -0.3 is 10.1 Å². The molecule has 2 heteroatoms. The molecule has 0 aromatic heterocycles. The maximum atomic E-state index is 5.61. The first-order chi connectivity index (χ1) is 5.70. The largest absolute Gasteiger partial charge is 0.380 e. The van der Waals surface area contributed by atoms with E-state index >= 15 is 0 Å². The third-order valence-corrected chi connectivity index (χ3v) is 3.24. The van der Waals surface area contributed by atoms with Crippen LogP contribution in [0.25, 0.3) is 0 Å². The maximum absolute atomic E-state index is 5.61. The van der Waals surface area contributed by atoms with Gasteiger partial charge in [-0.1, -0.05) is 13.8 Å². The van der Waals surface area contributed by atoms with Gasteiger partial charge in [0, 0.05) is 11.5 Å². The summed E-state index contributed by atoms with van der Waals surface area (Å²) in [6.07, 6.45) is 2.67. The molecule has 2 heterocycles. The van der Waals surface area contributed by atoms with E-state index in [9.17, 15) is 0 Å². The van der Waals surface area contributed by atoms with Gasteiger partial charge in [0.05, 0.1) is 13.2 Å². The first-order valence-electron chi connectivity index (χ1n) is 5.01. The summed E-state index contributed by atoms with van der Waals surface area (Å²) >= 11 is 0. The fourth-order valence-corrected chi connectivity index (χ4v) is 2.61. The van der Waals surface area contributed by atoms with Gasteiger partial charge in [0.2, 0.25) is 0 Å². The molecule has 2 atom stereocenters. The fourth-order valence-electron chi connectivity index (χ4n) is 2.61. The van der Waals surface area contributed by atoms with E-state index < -0.39 is 0 Å². The lowest BCUT2D eigenvalue weighted by molar-refractivity contribution is -0.0629. The molecule has 2 rings (SSSR count). The number of hydrogen-bond acceptors (Lipinski definition) is 2. The van der Waals surface area contributed by atoms with E-state index in [-0.39, 0.29) is 0 Å². The maximum Gasteiger partial charge on any atom is 0.0532 e. The van der Waals surface area contributed by atoms with E-state index in [1.807, 2.05) is 0 Å². The molecule has 0 spiro atoms. The molecule has 0 bridgehead atoms. The molecule has 0 aromatic rings. The van der Waals surface area contributed by atoms with Crippen molar-refractivity contribution in [3.8, 4) is 0 Å². The summed E-state index contributed by atoms with van der Waals surface area (Å²) in [5.74, 6) is 0.766. The fraction of sp³-hybridized carbons (Fsp3) is 1.00. The lowest BCUT2D eigenvalue weighted by atomic mass is 9.73. The normalized spacial score (nSPS) is 40.5. The first-order valence-corrected chi connectivity index (χ1v) is 5.01. The van der Waals surface area contributed by atoms with Gasteiger partial charge in [-0.2, -0.15) is 0 Å². The second kappa shape index (κ2) is 3.00. The van der Waals surface area contributed by atoms with Crippen LogP contribution in [0, 0.1) is 11.3 Å². The summed E-state index contributed by atoms with van der Waals surface area (Å²) in [4.78, 5) is 0. The highest BCUT2D eigenvalue weighted by molar-refractivity contribution is 4.94. The second-order valence-corrected chi connectivity index (χ2v) is 4.84. The zero-order chi connectivity index (χ0) is 8.60. The van der Waals surface area contributed by atoms with Crippen LogP contribution in [-0.2, 0) is 4.74 Å². The standard InChI is InChI=1S/C10H19NO/c1-10(2)7-12-6-8-4-3-5-11-9(8)10/h8-9,11H,3-7H2,1-2H3. The SMILES string of the molecule is CC1(C)COCC2CCCNC21. The van der Waals surface area contributed by atoms with Gasteiger partial charge in [0.15, 0.2) is 0 Å². The van der Waals surface area contributed by atoms with Crippen molar-refractivity contribution in [2.24, 2.45) is 11.3 Å². The average molecular weight is 169 g/mol. The van der Waals surface area contributed by atoms with Gasteiger partial charge in [-0.05, 0) is 25.3 Å². The van der Waals surface area contributed by atoms with Crippen molar-refractivity contribution < 1.29 is 4.74 Å².